The molecule has 2 aromatic heterocycles. The Labute approximate surface area is 114 Å². The van der Waals surface area contributed by atoms with Crippen molar-refractivity contribution in [1.82, 2.24) is 5.32 Å². The maximum absolute atomic E-state index is 11.9. The van der Waals surface area contributed by atoms with Crippen molar-refractivity contribution in [2.45, 2.75) is 6.42 Å². The van der Waals surface area contributed by atoms with E-state index >= 15 is 0 Å². The first-order valence-corrected chi connectivity index (χ1v) is 7.46. The monoisotopic (exact) mass is 281 g/mol. The molecule has 1 amide bonds. The molecule has 0 aliphatic carbocycles. The lowest BCUT2D eigenvalue weighted by Crippen LogP contribution is -2.24. The minimum absolute atomic E-state index is 0.00101. The van der Waals surface area contributed by atoms with E-state index in [4.69, 9.17) is 4.74 Å². The van der Waals surface area contributed by atoms with Crippen LogP contribution in [0.3, 0.4) is 0 Å². The van der Waals surface area contributed by atoms with Gasteiger partial charge in [-0.2, -0.15) is 0 Å². The number of hydrogen-bond donors (Lipinski definition) is 1. The van der Waals surface area contributed by atoms with E-state index in [1.165, 1.54) is 16.2 Å². The van der Waals surface area contributed by atoms with E-state index in [2.05, 4.69) is 11.4 Å². The van der Waals surface area contributed by atoms with Crippen LogP contribution in [0.4, 0.5) is 0 Å². The predicted octanol–water partition coefficient (Wildman–Crippen LogP) is 3.24. The highest BCUT2D eigenvalue weighted by Crippen LogP contribution is 2.29. The van der Waals surface area contributed by atoms with Crippen molar-refractivity contribution in [3.8, 4) is 10.4 Å². The Balaban J connectivity index is 1.91. The summed E-state index contributed by atoms with van der Waals surface area (Å²) in [4.78, 5) is 13.8. The van der Waals surface area contributed by atoms with Crippen LogP contribution in [0, 0.1) is 0 Å². The van der Waals surface area contributed by atoms with Crippen LogP contribution in [-0.2, 0) is 4.74 Å². The van der Waals surface area contributed by atoms with E-state index in [0.717, 1.165) is 16.9 Å². The zero-order chi connectivity index (χ0) is 12.8. The van der Waals surface area contributed by atoms with Crippen molar-refractivity contribution in [2.75, 3.05) is 20.3 Å². The van der Waals surface area contributed by atoms with Gasteiger partial charge in [0.2, 0.25) is 0 Å². The van der Waals surface area contributed by atoms with E-state index < -0.39 is 0 Å². The number of methoxy groups -OCH3 is 1. The van der Waals surface area contributed by atoms with E-state index in [9.17, 15) is 4.79 Å². The van der Waals surface area contributed by atoms with Crippen LogP contribution in [0.25, 0.3) is 10.4 Å². The Hall–Kier alpha value is -1.17. The summed E-state index contributed by atoms with van der Waals surface area (Å²) in [7, 11) is 1.66. The molecule has 0 radical (unpaired) electrons. The molecule has 0 bridgehead atoms. The minimum atomic E-state index is -0.00101. The average Bonchev–Trinajstić information content (AvgIpc) is 3.03. The normalized spacial score (nSPS) is 10.5. The molecule has 5 heteroatoms. The second kappa shape index (κ2) is 6.68. The zero-order valence-corrected chi connectivity index (χ0v) is 11.8. The molecule has 2 rings (SSSR count). The average molecular weight is 281 g/mol. The molecular weight excluding hydrogens is 266 g/mol. The van der Waals surface area contributed by atoms with Gasteiger partial charge in [-0.15, -0.1) is 22.7 Å². The highest BCUT2D eigenvalue weighted by molar-refractivity contribution is 7.15. The van der Waals surface area contributed by atoms with Crippen molar-refractivity contribution < 1.29 is 9.53 Å². The summed E-state index contributed by atoms with van der Waals surface area (Å²) < 4.78 is 4.94. The van der Waals surface area contributed by atoms with Gasteiger partial charge in [-0.1, -0.05) is 6.07 Å². The summed E-state index contributed by atoms with van der Waals surface area (Å²) in [6, 6.07) is 6.03. The van der Waals surface area contributed by atoms with Crippen LogP contribution in [0.5, 0.6) is 0 Å². The summed E-state index contributed by atoms with van der Waals surface area (Å²) in [6.45, 7) is 1.32. The van der Waals surface area contributed by atoms with E-state index in [-0.39, 0.29) is 5.91 Å². The molecule has 0 aliphatic heterocycles. The summed E-state index contributed by atoms with van der Waals surface area (Å²) in [5.74, 6) is -0.00101. The molecule has 3 nitrogen and oxygen atoms in total. The van der Waals surface area contributed by atoms with Gasteiger partial charge in [0.1, 0.15) is 0 Å². The maximum atomic E-state index is 11.9. The van der Waals surface area contributed by atoms with Gasteiger partial charge >= 0.3 is 0 Å². The largest absolute Gasteiger partial charge is 0.385 e. The second-order valence-electron chi connectivity index (χ2n) is 3.78. The van der Waals surface area contributed by atoms with Crippen LogP contribution in [0.15, 0.2) is 29.0 Å². The molecule has 0 spiro atoms. The quantitative estimate of drug-likeness (QED) is 0.825. The number of ether oxygens (including phenoxy) is 1. The molecule has 0 saturated carbocycles. The fraction of sp³-hybridized carbons (Fsp3) is 0.308. The fourth-order valence-corrected chi connectivity index (χ4v) is 3.15. The molecule has 0 aliphatic rings. The first-order valence-electron chi connectivity index (χ1n) is 5.71. The van der Waals surface area contributed by atoms with Gasteiger partial charge in [0, 0.05) is 36.1 Å². The third-order valence-corrected chi connectivity index (χ3v) is 4.29. The van der Waals surface area contributed by atoms with Gasteiger partial charge in [-0.3, -0.25) is 4.79 Å². The van der Waals surface area contributed by atoms with Crippen molar-refractivity contribution in [1.29, 1.82) is 0 Å². The zero-order valence-electron chi connectivity index (χ0n) is 10.1. The van der Waals surface area contributed by atoms with Crippen molar-refractivity contribution >= 4 is 28.6 Å². The SMILES string of the molecule is COCCCNC(=O)c1cc(-c2cccs2)cs1. The predicted molar refractivity (Wildman–Crippen MR) is 76.5 cm³/mol. The number of amides is 1. The lowest BCUT2D eigenvalue weighted by atomic mass is 10.2. The minimum Gasteiger partial charge on any atom is -0.385 e. The highest BCUT2D eigenvalue weighted by Gasteiger charge is 2.09. The van der Waals surface area contributed by atoms with Gasteiger partial charge in [0.15, 0.2) is 0 Å². The lowest BCUT2D eigenvalue weighted by molar-refractivity contribution is 0.0952. The molecule has 0 saturated heterocycles. The van der Waals surface area contributed by atoms with Crippen molar-refractivity contribution in [2.24, 2.45) is 0 Å². The Bertz CT molecular complexity index is 491. The van der Waals surface area contributed by atoms with Crippen LogP contribution in [0.2, 0.25) is 0 Å². The number of carbonyl (C=O) groups excluding carboxylic acids is 1. The third kappa shape index (κ3) is 3.41. The number of rotatable bonds is 6. The summed E-state index contributed by atoms with van der Waals surface area (Å²) >= 11 is 3.17. The Morgan fingerprint density at radius 1 is 1.44 bits per heavy atom. The van der Waals surface area contributed by atoms with E-state index in [1.807, 2.05) is 22.9 Å². The van der Waals surface area contributed by atoms with Crippen LogP contribution < -0.4 is 5.32 Å². The molecule has 18 heavy (non-hydrogen) atoms. The van der Waals surface area contributed by atoms with Gasteiger partial charge in [-0.05, 0) is 23.9 Å². The molecule has 96 valence electrons. The smallest absolute Gasteiger partial charge is 0.261 e. The number of hydrogen-bond acceptors (Lipinski definition) is 4. The first-order chi connectivity index (χ1) is 8.81. The third-order valence-electron chi connectivity index (χ3n) is 2.44. The molecule has 0 atom stereocenters. The second-order valence-corrected chi connectivity index (χ2v) is 5.64. The lowest BCUT2D eigenvalue weighted by Gasteiger charge is -2.02. The number of thiophene rings is 2. The van der Waals surface area contributed by atoms with E-state index in [0.29, 0.717) is 13.2 Å². The molecule has 2 heterocycles. The molecule has 0 fully saturated rings. The standard InChI is InChI=1S/C13H15NO2S2/c1-16-6-3-5-14-13(15)12-8-10(9-18-12)11-4-2-7-17-11/h2,4,7-9H,3,5-6H2,1H3,(H,14,15). The molecule has 2 aromatic rings. The van der Waals surface area contributed by atoms with Crippen LogP contribution in [0.1, 0.15) is 16.1 Å². The Morgan fingerprint density at radius 3 is 3.06 bits per heavy atom. The first kappa shape index (κ1) is 13.3. The number of nitrogens with one attached hydrogen (secondary N) is 1. The van der Waals surface area contributed by atoms with Gasteiger partial charge in [0.05, 0.1) is 4.88 Å². The van der Waals surface area contributed by atoms with Crippen molar-refractivity contribution in [3.63, 3.8) is 0 Å². The highest BCUT2D eigenvalue weighted by atomic mass is 32.1. The topological polar surface area (TPSA) is 38.3 Å². The Kier molecular flexibility index (Phi) is 4.92. The fourth-order valence-electron chi connectivity index (χ4n) is 1.53. The molecular formula is C13H15NO2S2. The van der Waals surface area contributed by atoms with Gasteiger partial charge < -0.3 is 10.1 Å². The Morgan fingerprint density at radius 2 is 2.33 bits per heavy atom. The van der Waals surface area contributed by atoms with Gasteiger partial charge in [-0.25, -0.2) is 0 Å². The molecule has 1 N–H and O–H groups in total. The van der Waals surface area contributed by atoms with Crippen LogP contribution in [-0.4, -0.2) is 26.2 Å². The summed E-state index contributed by atoms with van der Waals surface area (Å²) in [5.41, 5.74) is 1.12. The molecule has 0 aromatic carbocycles. The number of carbonyl (C=O) groups is 1. The summed E-state index contributed by atoms with van der Waals surface area (Å²) in [6.07, 6.45) is 0.839. The van der Waals surface area contributed by atoms with Crippen LogP contribution >= 0.6 is 22.7 Å². The molecule has 0 unspecified atom stereocenters. The van der Waals surface area contributed by atoms with E-state index in [1.54, 1.807) is 18.4 Å². The van der Waals surface area contributed by atoms with Crippen molar-refractivity contribution in [3.05, 3.63) is 33.8 Å². The summed E-state index contributed by atoms with van der Waals surface area (Å²) in [5, 5.41) is 6.95. The maximum Gasteiger partial charge on any atom is 0.261 e. The van der Waals surface area contributed by atoms with Gasteiger partial charge in [0.25, 0.3) is 5.91 Å².